The molecule has 0 aliphatic rings. The first-order valence-electron chi connectivity index (χ1n) is 9.92. The summed E-state index contributed by atoms with van der Waals surface area (Å²) in [6, 6.07) is 24.1. The molecular formula is C24H26N2O4S. The summed E-state index contributed by atoms with van der Waals surface area (Å²) in [6.07, 6.45) is 0. The maximum absolute atomic E-state index is 12.4. The fourth-order valence-electron chi connectivity index (χ4n) is 2.94. The van der Waals surface area contributed by atoms with E-state index in [1.807, 2.05) is 66.7 Å². The Morgan fingerprint density at radius 3 is 2.39 bits per heavy atom. The van der Waals surface area contributed by atoms with Crippen molar-refractivity contribution in [1.29, 1.82) is 0 Å². The summed E-state index contributed by atoms with van der Waals surface area (Å²) >= 11 is 0. The van der Waals surface area contributed by atoms with Crippen LogP contribution in [0, 0.1) is 0 Å². The van der Waals surface area contributed by atoms with Crippen LogP contribution in [0.2, 0.25) is 0 Å². The summed E-state index contributed by atoms with van der Waals surface area (Å²) in [4.78, 5) is 12.1. The van der Waals surface area contributed by atoms with E-state index >= 15 is 0 Å². The number of urea groups is 1. The number of hydrogen-bond acceptors (Lipinski definition) is 4. The van der Waals surface area contributed by atoms with E-state index in [9.17, 15) is 9.00 Å². The van der Waals surface area contributed by atoms with Crippen LogP contribution in [0.1, 0.15) is 11.1 Å². The number of nitrogens with one attached hydrogen (secondary N) is 2. The summed E-state index contributed by atoms with van der Waals surface area (Å²) < 4.78 is 23.2. The second-order valence-corrected chi connectivity index (χ2v) is 8.28. The maximum Gasteiger partial charge on any atom is 0.319 e. The molecule has 0 aliphatic carbocycles. The van der Waals surface area contributed by atoms with E-state index < -0.39 is 10.8 Å². The molecule has 2 amide bonds. The number of carbonyl (C=O) groups excluding carboxylic acids is 1. The molecule has 0 aliphatic heterocycles. The molecule has 1 unspecified atom stereocenters. The average molecular weight is 439 g/mol. The Bertz CT molecular complexity index is 1010. The summed E-state index contributed by atoms with van der Waals surface area (Å²) in [5, 5.41) is 5.55. The van der Waals surface area contributed by atoms with E-state index in [2.05, 4.69) is 10.6 Å². The number of amides is 2. The van der Waals surface area contributed by atoms with Gasteiger partial charge in [0, 0.05) is 34.1 Å². The van der Waals surface area contributed by atoms with E-state index in [1.54, 1.807) is 19.2 Å². The molecule has 6 nitrogen and oxygen atoms in total. The van der Waals surface area contributed by atoms with E-state index in [0.717, 1.165) is 11.1 Å². The molecule has 0 spiro atoms. The molecular weight excluding hydrogens is 412 g/mol. The van der Waals surface area contributed by atoms with Gasteiger partial charge in [-0.2, -0.15) is 0 Å². The predicted octanol–water partition coefficient (Wildman–Crippen LogP) is 4.34. The van der Waals surface area contributed by atoms with E-state index in [4.69, 9.17) is 9.47 Å². The van der Waals surface area contributed by atoms with E-state index in [0.29, 0.717) is 41.8 Å². The fraction of sp³-hybridized carbons (Fsp3) is 0.208. The first-order valence-corrected chi connectivity index (χ1v) is 11.4. The molecule has 0 bridgehead atoms. The normalized spacial score (nSPS) is 11.4. The van der Waals surface area contributed by atoms with Crippen LogP contribution in [-0.2, 0) is 22.3 Å². The zero-order valence-corrected chi connectivity index (χ0v) is 18.2. The maximum atomic E-state index is 12.4. The molecule has 3 aromatic carbocycles. The van der Waals surface area contributed by atoms with Gasteiger partial charge in [0.2, 0.25) is 0 Å². The molecule has 1 atom stereocenters. The molecule has 0 fully saturated rings. The van der Waals surface area contributed by atoms with Gasteiger partial charge < -0.3 is 20.1 Å². The van der Waals surface area contributed by atoms with Gasteiger partial charge in [-0.3, -0.25) is 4.21 Å². The lowest BCUT2D eigenvalue weighted by Gasteiger charge is -2.11. The molecule has 3 rings (SSSR count). The van der Waals surface area contributed by atoms with E-state index in [-0.39, 0.29) is 6.03 Å². The molecule has 162 valence electrons. The molecule has 0 radical (unpaired) electrons. The number of rotatable bonds is 10. The van der Waals surface area contributed by atoms with Crippen LogP contribution < -0.4 is 20.1 Å². The molecule has 7 heteroatoms. The Morgan fingerprint density at radius 2 is 1.58 bits per heavy atom. The number of benzene rings is 3. The lowest BCUT2D eigenvalue weighted by Crippen LogP contribution is -2.32. The number of ether oxygens (including phenoxy) is 2. The van der Waals surface area contributed by atoms with Crippen molar-refractivity contribution in [3.05, 3.63) is 90.0 Å². The van der Waals surface area contributed by atoms with Crippen LogP contribution in [0.3, 0.4) is 0 Å². The van der Waals surface area contributed by atoms with Gasteiger partial charge in [0.15, 0.2) is 0 Å². The summed E-state index contributed by atoms with van der Waals surface area (Å²) in [7, 11) is 0.575. The SMILES string of the molecule is COc1cccc(OCCNC(=O)Nc2cccc(CS(=O)Cc3ccccc3)c2)c1. The standard InChI is InChI=1S/C24H26N2O4S/c1-29-22-11-6-12-23(16-22)30-14-13-25-24(27)26-21-10-5-9-20(15-21)18-31(28)17-19-7-3-2-4-8-19/h2-12,15-16H,13-14,17-18H2,1H3,(H2,25,26,27). The number of carbonyl (C=O) groups is 1. The minimum Gasteiger partial charge on any atom is -0.497 e. The van der Waals surface area contributed by atoms with Gasteiger partial charge in [-0.25, -0.2) is 4.79 Å². The van der Waals surface area contributed by atoms with Crippen molar-refractivity contribution in [3.63, 3.8) is 0 Å². The lowest BCUT2D eigenvalue weighted by molar-refractivity contribution is 0.247. The van der Waals surface area contributed by atoms with Gasteiger partial charge in [-0.05, 0) is 35.4 Å². The van der Waals surface area contributed by atoms with Crippen LogP contribution in [0.15, 0.2) is 78.9 Å². The Hall–Kier alpha value is -3.32. The monoisotopic (exact) mass is 438 g/mol. The van der Waals surface area contributed by atoms with Crippen molar-refractivity contribution in [2.45, 2.75) is 11.5 Å². The molecule has 2 N–H and O–H groups in total. The third kappa shape index (κ3) is 7.79. The van der Waals surface area contributed by atoms with Crippen molar-refractivity contribution in [3.8, 4) is 11.5 Å². The van der Waals surface area contributed by atoms with Crippen LogP contribution >= 0.6 is 0 Å². The lowest BCUT2D eigenvalue weighted by atomic mass is 10.2. The van der Waals surface area contributed by atoms with Gasteiger partial charge in [-0.15, -0.1) is 0 Å². The second kappa shape index (κ2) is 11.8. The smallest absolute Gasteiger partial charge is 0.319 e. The highest BCUT2D eigenvalue weighted by molar-refractivity contribution is 7.83. The Labute approximate surface area is 185 Å². The summed E-state index contributed by atoms with van der Waals surface area (Å²) in [5.41, 5.74) is 2.61. The topological polar surface area (TPSA) is 76.7 Å². The average Bonchev–Trinajstić information content (AvgIpc) is 2.78. The van der Waals surface area contributed by atoms with Crippen molar-refractivity contribution in [1.82, 2.24) is 5.32 Å². The molecule has 3 aromatic rings. The minimum atomic E-state index is -1.02. The molecule has 31 heavy (non-hydrogen) atoms. The van der Waals surface area contributed by atoms with Gasteiger partial charge in [0.25, 0.3) is 0 Å². The minimum absolute atomic E-state index is 0.322. The largest absolute Gasteiger partial charge is 0.497 e. The van der Waals surface area contributed by atoms with E-state index in [1.165, 1.54) is 0 Å². The van der Waals surface area contributed by atoms with Crippen LogP contribution in [0.25, 0.3) is 0 Å². The number of hydrogen-bond donors (Lipinski definition) is 2. The van der Waals surface area contributed by atoms with Gasteiger partial charge >= 0.3 is 6.03 Å². The number of methoxy groups -OCH3 is 1. The third-order valence-corrected chi connectivity index (χ3v) is 5.69. The van der Waals surface area contributed by atoms with Crippen molar-refractivity contribution < 1.29 is 18.5 Å². The second-order valence-electron chi connectivity index (χ2n) is 6.82. The van der Waals surface area contributed by atoms with Gasteiger partial charge in [0.05, 0.1) is 13.7 Å². The predicted molar refractivity (Wildman–Crippen MR) is 124 cm³/mol. The Balaban J connectivity index is 1.42. The number of anilines is 1. The first kappa shape index (κ1) is 22.4. The van der Waals surface area contributed by atoms with Crippen molar-refractivity contribution in [2.24, 2.45) is 0 Å². The summed E-state index contributed by atoms with van der Waals surface area (Å²) in [5.74, 6) is 2.33. The van der Waals surface area contributed by atoms with Crippen molar-refractivity contribution >= 4 is 22.5 Å². The fourth-order valence-corrected chi connectivity index (χ4v) is 4.15. The summed E-state index contributed by atoms with van der Waals surface area (Å²) in [6.45, 7) is 0.683. The first-order chi connectivity index (χ1) is 15.1. The Kier molecular flexibility index (Phi) is 8.48. The zero-order valence-electron chi connectivity index (χ0n) is 17.4. The highest BCUT2D eigenvalue weighted by Crippen LogP contribution is 2.18. The van der Waals surface area contributed by atoms with Crippen LogP contribution in [0.5, 0.6) is 11.5 Å². The molecule has 0 saturated heterocycles. The third-order valence-electron chi connectivity index (χ3n) is 4.38. The quantitative estimate of drug-likeness (QED) is 0.462. The Morgan fingerprint density at radius 1 is 0.871 bits per heavy atom. The van der Waals surface area contributed by atoms with Gasteiger partial charge in [0.1, 0.15) is 18.1 Å². The highest BCUT2D eigenvalue weighted by atomic mass is 32.2. The van der Waals surface area contributed by atoms with Crippen molar-refractivity contribution in [2.75, 3.05) is 25.6 Å². The zero-order chi connectivity index (χ0) is 21.9. The van der Waals surface area contributed by atoms with Crippen LogP contribution in [0.4, 0.5) is 10.5 Å². The molecule has 0 heterocycles. The van der Waals surface area contributed by atoms with Gasteiger partial charge in [-0.1, -0.05) is 48.5 Å². The van der Waals surface area contributed by atoms with Crippen LogP contribution in [-0.4, -0.2) is 30.5 Å². The molecule has 0 saturated carbocycles. The highest BCUT2D eigenvalue weighted by Gasteiger charge is 2.06. The molecule has 0 aromatic heterocycles.